The van der Waals surface area contributed by atoms with E-state index >= 15 is 0 Å². The molecule has 0 aromatic heterocycles. The number of halogens is 3. The number of ether oxygens (including phenoxy) is 4. The van der Waals surface area contributed by atoms with Crippen LogP contribution in [0, 0.1) is 20.8 Å². The normalized spacial score (nSPS) is 9.65. The third kappa shape index (κ3) is 14.6. The molecule has 0 atom stereocenters. The molecule has 0 radical (unpaired) electrons. The number of nitrogens with one attached hydrogen (secondary N) is 1. The van der Waals surface area contributed by atoms with Gasteiger partial charge in [0, 0.05) is 30.1 Å². The van der Waals surface area contributed by atoms with Crippen LogP contribution in [0.4, 0.5) is 16.2 Å². The molecule has 258 valence electrons. The predicted molar refractivity (Wildman–Crippen MR) is 200 cm³/mol. The molecular weight excluding hydrogens is 788 g/mol. The van der Waals surface area contributed by atoms with E-state index in [4.69, 9.17) is 29.8 Å². The van der Waals surface area contributed by atoms with Gasteiger partial charge in [-0.25, -0.2) is 9.59 Å². The lowest BCUT2D eigenvalue weighted by molar-refractivity contribution is 0.0633. The van der Waals surface area contributed by atoms with Crippen molar-refractivity contribution >= 4 is 71.2 Å². The van der Waals surface area contributed by atoms with Gasteiger partial charge >= 0.3 is 12.1 Å². The van der Waals surface area contributed by atoms with Crippen LogP contribution >= 0.6 is 47.8 Å². The summed E-state index contributed by atoms with van der Waals surface area (Å²) < 4.78 is 22.8. The van der Waals surface area contributed by atoms with Crippen molar-refractivity contribution < 1.29 is 33.6 Å². The molecule has 0 saturated heterocycles. The Kier molecular flexibility index (Phi) is 22.1. The number of carboxylic acids is 1. The number of methoxy groups -OCH3 is 3. The molecule has 1 amide bonds. The highest BCUT2D eigenvalue weighted by Gasteiger charge is 2.19. The molecule has 0 spiro atoms. The first-order valence-corrected chi connectivity index (χ1v) is 16.8. The summed E-state index contributed by atoms with van der Waals surface area (Å²) in [6.07, 6.45) is -0.487. The number of carbonyl (C=O) groups is 2. The molecule has 9 nitrogen and oxygen atoms in total. The first kappa shape index (κ1) is 45.2. The number of hydrogen-bond acceptors (Lipinski definition) is 7. The van der Waals surface area contributed by atoms with Crippen LogP contribution in [0.15, 0.2) is 49.8 Å². The first-order chi connectivity index (χ1) is 21.5. The van der Waals surface area contributed by atoms with Gasteiger partial charge in [-0.05, 0) is 126 Å². The van der Waals surface area contributed by atoms with Crippen molar-refractivity contribution in [1.29, 1.82) is 0 Å². The van der Waals surface area contributed by atoms with Gasteiger partial charge in [0.2, 0.25) is 0 Å². The highest BCUT2D eigenvalue weighted by Crippen LogP contribution is 2.33. The maximum absolute atomic E-state index is 11.7. The molecule has 0 aliphatic rings. The summed E-state index contributed by atoms with van der Waals surface area (Å²) in [5.41, 5.74) is 9.30. The van der Waals surface area contributed by atoms with Crippen molar-refractivity contribution in [3.05, 3.63) is 72.1 Å². The Morgan fingerprint density at radius 3 is 1.50 bits per heavy atom. The Bertz CT molecular complexity index is 1410. The molecule has 0 saturated carbocycles. The molecule has 46 heavy (non-hydrogen) atoms. The van der Waals surface area contributed by atoms with Crippen molar-refractivity contribution in [1.82, 2.24) is 0 Å². The minimum absolute atomic E-state index is 0.249. The molecular formula is C34H49Br3N2O7. The van der Waals surface area contributed by atoms with Crippen LogP contribution in [0.3, 0.4) is 0 Å². The second-order valence-corrected chi connectivity index (χ2v) is 12.3. The summed E-state index contributed by atoms with van der Waals surface area (Å²) in [6.45, 7) is 19.0. The van der Waals surface area contributed by atoms with E-state index < -0.39 is 17.7 Å². The number of carboxylic acid groups (broad SMARTS) is 1. The molecule has 3 aromatic rings. The summed E-state index contributed by atoms with van der Waals surface area (Å²) in [4.78, 5) is 22.6. The lowest BCUT2D eigenvalue weighted by atomic mass is 10.1. The molecule has 0 aliphatic carbocycles. The first-order valence-electron chi connectivity index (χ1n) is 14.5. The van der Waals surface area contributed by atoms with E-state index in [0.717, 1.165) is 31.5 Å². The molecule has 0 unspecified atom stereocenters. The zero-order valence-electron chi connectivity index (χ0n) is 29.1. The van der Waals surface area contributed by atoms with Gasteiger partial charge in [-0.2, -0.15) is 0 Å². The average Bonchev–Trinajstić information content (AvgIpc) is 3.00. The van der Waals surface area contributed by atoms with Gasteiger partial charge in [-0.3, -0.25) is 5.32 Å². The second-order valence-electron chi connectivity index (χ2n) is 9.72. The quantitative estimate of drug-likeness (QED) is 0.217. The number of nitrogen functional groups attached to an aromatic ring is 1. The van der Waals surface area contributed by atoms with Crippen LogP contribution < -0.4 is 25.3 Å². The van der Waals surface area contributed by atoms with Crippen LogP contribution in [0.2, 0.25) is 0 Å². The summed E-state index contributed by atoms with van der Waals surface area (Å²) in [7, 11) is 4.74. The minimum atomic E-state index is -0.955. The molecule has 0 bridgehead atoms. The van der Waals surface area contributed by atoms with Gasteiger partial charge in [-0.1, -0.05) is 27.7 Å². The molecule has 0 aliphatic heterocycles. The fourth-order valence-electron chi connectivity index (χ4n) is 3.48. The van der Waals surface area contributed by atoms with Crippen LogP contribution in [-0.4, -0.2) is 44.1 Å². The fraction of sp³-hybridized carbons (Fsp3) is 0.412. The third-order valence-corrected chi connectivity index (χ3v) is 7.65. The zero-order valence-corrected chi connectivity index (χ0v) is 33.8. The van der Waals surface area contributed by atoms with Crippen LogP contribution in [0.1, 0.15) is 75.5 Å². The Hall–Kier alpha value is -2.96. The third-order valence-electron chi connectivity index (χ3n) is 5.64. The Morgan fingerprint density at radius 1 is 0.696 bits per heavy atom. The molecule has 3 rings (SSSR count). The number of rotatable bonds is 5. The topological polar surface area (TPSA) is 129 Å². The van der Waals surface area contributed by atoms with Crippen molar-refractivity contribution in [2.24, 2.45) is 0 Å². The number of aromatic carboxylic acids is 1. The van der Waals surface area contributed by atoms with E-state index in [0.29, 0.717) is 27.2 Å². The molecule has 12 heteroatoms. The zero-order chi connectivity index (χ0) is 36.4. The van der Waals surface area contributed by atoms with Crippen molar-refractivity contribution in [3.63, 3.8) is 0 Å². The average molecular weight is 837 g/mol. The van der Waals surface area contributed by atoms with Gasteiger partial charge in [0.1, 0.15) is 22.8 Å². The van der Waals surface area contributed by atoms with Crippen molar-refractivity contribution in [2.75, 3.05) is 32.4 Å². The standard InChI is InChI=1S/C13H18BrNO3.C9H9BrO3.C8H10BrNO.2C2H6/c1-8-10(17-5)7-6-9(14)11(8)15-12(16)18-13(2,3)4;1-5-7(13-2)4-3-6(10)8(5)9(11)12;1-5-7(11-2)4-3-6(9)8(5)10;2*1-2/h6-7H,1-5H3,(H,15,16);3-4H,1-2H3,(H,11,12);3-4H,10H2,1-2H3;2*1-2H3. The van der Waals surface area contributed by atoms with Gasteiger partial charge in [-0.15, -0.1) is 0 Å². The highest BCUT2D eigenvalue weighted by atomic mass is 79.9. The lowest BCUT2D eigenvalue weighted by Gasteiger charge is -2.21. The highest BCUT2D eigenvalue weighted by molar-refractivity contribution is 9.11. The van der Waals surface area contributed by atoms with Gasteiger partial charge in [0.25, 0.3) is 0 Å². The van der Waals surface area contributed by atoms with E-state index in [9.17, 15) is 9.59 Å². The Labute approximate surface area is 299 Å². The summed E-state index contributed by atoms with van der Waals surface area (Å²) in [5, 5.41) is 11.6. The monoisotopic (exact) mass is 834 g/mol. The van der Waals surface area contributed by atoms with Gasteiger partial charge < -0.3 is 29.8 Å². The van der Waals surface area contributed by atoms with Gasteiger partial charge in [0.05, 0.1) is 38.3 Å². The summed E-state index contributed by atoms with van der Waals surface area (Å²) in [6, 6.07) is 10.8. The van der Waals surface area contributed by atoms with Crippen molar-refractivity contribution in [3.8, 4) is 17.2 Å². The number of amides is 1. The maximum Gasteiger partial charge on any atom is 0.412 e. The van der Waals surface area contributed by atoms with E-state index in [1.54, 1.807) is 33.3 Å². The molecule has 4 N–H and O–H groups in total. The number of anilines is 2. The second kappa shape index (κ2) is 22.5. The number of hydrogen-bond donors (Lipinski definition) is 3. The number of carbonyl (C=O) groups excluding carboxylic acids is 1. The predicted octanol–water partition coefficient (Wildman–Crippen LogP) is 11.0. The van der Waals surface area contributed by atoms with E-state index in [2.05, 4.69) is 53.1 Å². The number of benzene rings is 3. The molecule has 0 heterocycles. The summed E-state index contributed by atoms with van der Waals surface area (Å²) in [5.74, 6) is 1.17. The lowest BCUT2D eigenvalue weighted by Crippen LogP contribution is -2.27. The van der Waals surface area contributed by atoms with E-state index in [1.165, 1.54) is 7.11 Å². The SMILES string of the molecule is CC.CC.COc1ccc(Br)c(C(=O)O)c1C.COc1ccc(Br)c(N)c1C.COc1ccc(Br)c(NC(=O)OC(C)(C)C)c1C. The van der Waals surface area contributed by atoms with Crippen LogP contribution in [0.25, 0.3) is 0 Å². The Morgan fingerprint density at radius 2 is 1.09 bits per heavy atom. The smallest absolute Gasteiger partial charge is 0.412 e. The van der Waals surface area contributed by atoms with E-state index in [-0.39, 0.29) is 5.56 Å². The molecule has 0 fully saturated rings. The van der Waals surface area contributed by atoms with E-state index in [1.807, 2.05) is 86.6 Å². The minimum Gasteiger partial charge on any atom is -0.496 e. The van der Waals surface area contributed by atoms with Crippen LogP contribution in [-0.2, 0) is 4.74 Å². The van der Waals surface area contributed by atoms with Crippen LogP contribution in [0.5, 0.6) is 17.2 Å². The van der Waals surface area contributed by atoms with Gasteiger partial charge in [0.15, 0.2) is 0 Å². The Balaban J connectivity index is 0. The largest absolute Gasteiger partial charge is 0.496 e. The number of nitrogens with two attached hydrogens (primary N) is 1. The molecule has 3 aromatic carbocycles. The fourth-order valence-corrected chi connectivity index (χ4v) is 5.04. The summed E-state index contributed by atoms with van der Waals surface area (Å²) >= 11 is 9.90. The maximum atomic E-state index is 11.7. The van der Waals surface area contributed by atoms with Crippen molar-refractivity contribution in [2.45, 2.75) is 74.8 Å².